The van der Waals surface area contributed by atoms with Crippen LogP contribution in [0.2, 0.25) is 0 Å². The topological polar surface area (TPSA) is 55.6 Å². The molecule has 2 rings (SSSR count). The summed E-state index contributed by atoms with van der Waals surface area (Å²) >= 11 is 0. The molecule has 0 aliphatic carbocycles. The van der Waals surface area contributed by atoms with Crippen molar-refractivity contribution in [1.82, 2.24) is 4.90 Å². The lowest BCUT2D eigenvalue weighted by Crippen LogP contribution is -2.68. The maximum Gasteiger partial charge on any atom is 0.415 e. The van der Waals surface area contributed by atoms with Crippen LogP contribution in [0.5, 0.6) is 5.75 Å². The van der Waals surface area contributed by atoms with E-state index in [1.807, 2.05) is 18.2 Å². The third-order valence-corrected chi connectivity index (χ3v) is 2.97. The van der Waals surface area contributed by atoms with E-state index in [2.05, 4.69) is 6.92 Å². The average Bonchev–Trinajstić information content (AvgIpc) is 2.27. The zero-order valence-corrected chi connectivity index (χ0v) is 10.1. The van der Waals surface area contributed by atoms with Gasteiger partial charge in [0.25, 0.3) is 0 Å². The van der Waals surface area contributed by atoms with Crippen LogP contribution in [0.15, 0.2) is 30.3 Å². The summed E-state index contributed by atoms with van der Waals surface area (Å²) in [7, 11) is 0. The molecule has 1 saturated heterocycles. The van der Waals surface area contributed by atoms with Crippen LogP contribution in [0, 0.1) is 0 Å². The Morgan fingerprint density at radius 1 is 1.41 bits per heavy atom. The molecule has 0 atom stereocenters. The summed E-state index contributed by atoms with van der Waals surface area (Å²) in [4.78, 5) is 13.4. The van der Waals surface area contributed by atoms with Gasteiger partial charge in [0.2, 0.25) is 0 Å². The molecule has 1 fully saturated rings. The van der Waals surface area contributed by atoms with E-state index in [9.17, 15) is 4.79 Å². The summed E-state index contributed by atoms with van der Waals surface area (Å²) in [5.74, 6) is 0.572. The second-order valence-corrected chi connectivity index (χ2v) is 4.65. The molecule has 1 aromatic carbocycles. The van der Waals surface area contributed by atoms with Crippen LogP contribution in [-0.4, -0.2) is 29.6 Å². The molecule has 2 N–H and O–H groups in total. The number of hydrogen-bond donors (Lipinski definition) is 1. The molecule has 92 valence electrons. The Balaban J connectivity index is 1.84. The van der Waals surface area contributed by atoms with Crippen LogP contribution >= 0.6 is 0 Å². The number of ether oxygens (including phenoxy) is 1. The lowest BCUT2D eigenvalue weighted by Gasteiger charge is -2.46. The molecule has 0 unspecified atom stereocenters. The smallest absolute Gasteiger partial charge is 0.410 e. The van der Waals surface area contributed by atoms with Gasteiger partial charge in [0.05, 0.1) is 5.54 Å². The highest BCUT2D eigenvalue weighted by Crippen LogP contribution is 2.24. The van der Waals surface area contributed by atoms with Crippen molar-refractivity contribution >= 4 is 6.09 Å². The zero-order chi connectivity index (χ0) is 12.3. The Kier molecular flexibility index (Phi) is 3.33. The van der Waals surface area contributed by atoms with E-state index in [4.69, 9.17) is 10.5 Å². The minimum absolute atomic E-state index is 0.204. The standard InChI is InChI=1S/C13H18N2O2/c1-2-8-13(14)9-15(10-13)12(16)17-11-6-4-3-5-7-11/h3-7H,2,8-10,14H2,1H3. The molecule has 17 heavy (non-hydrogen) atoms. The second-order valence-electron chi connectivity index (χ2n) is 4.65. The molecule has 0 radical (unpaired) electrons. The molecule has 0 spiro atoms. The Hall–Kier alpha value is -1.55. The molecule has 1 amide bonds. The van der Waals surface area contributed by atoms with Gasteiger partial charge >= 0.3 is 6.09 Å². The lowest BCUT2D eigenvalue weighted by molar-refractivity contribution is 0.0637. The van der Waals surface area contributed by atoms with Crippen LogP contribution < -0.4 is 10.5 Å². The quantitative estimate of drug-likeness (QED) is 0.870. The van der Waals surface area contributed by atoms with E-state index in [-0.39, 0.29) is 11.6 Å². The molecule has 0 bridgehead atoms. The fraction of sp³-hybridized carbons (Fsp3) is 0.462. The van der Waals surface area contributed by atoms with E-state index >= 15 is 0 Å². The first kappa shape index (κ1) is 11.9. The molecule has 1 aliphatic heterocycles. The molecule has 0 aromatic heterocycles. The van der Waals surface area contributed by atoms with Gasteiger partial charge in [-0.1, -0.05) is 31.5 Å². The molecule has 1 aliphatic rings. The number of carbonyl (C=O) groups is 1. The monoisotopic (exact) mass is 234 g/mol. The predicted molar refractivity (Wildman–Crippen MR) is 65.9 cm³/mol. The average molecular weight is 234 g/mol. The molecule has 4 heteroatoms. The van der Waals surface area contributed by atoms with Crippen LogP contribution in [0.1, 0.15) is 19.8 Å². The normalized spacial score (nSPS) is 17.4. The number of rotatable bonds is 3. The lowest BCUT2D eigenvalue weighted by atomic mass is 9.87. The van der Waals surface area contributed by atoms with Gasteiger partial charge in [-0.05, 0) is 18.6 Å². The van der Waals surface area contributed by atoms with Crippen molar-refractivity contribution in [2.24, 2.45) is 5.73 Å². The van der Waals surface area contributed by atoms with Crippen molar-refractivity contribution in [3.8, 4) is 5.75 Å². The number of likely N-dealkylation sites (tertiary alicyclic amines) is 1. The van der Waals surface area contributed by atoms with Gasteiger partial charge in [0.1, 0.15) is 5.75 Å². The van der Waals surface area contributed by atoms with Gasteiger partial charge in [0, 0.05) is 13.1 Å². The third-order valence-electron chi connectivity index (χ3n) is 2.97. The predicted octanol–water partition coefficient (Wildman–Crippen LogP) is 2.00. The maximum absolute atomic E-state index is 11.7. The van der Waals surface area contributed by atoms with Gasteiger partial charge in [-0.2, -0.15) is 0 Å². The van der Waals surface area contributed by atoms with Crippen LogP contribution in [0.4, 0.5) is 4.79 Å². The first-order valence-electron chi connectivity index (χ1n) is 5.94. The first-order chi connectivity index (χ1) is 8.13. The number of benzene rings is 1. The Bertz CT molecular complexity index is 386. The third kappa shape index (κ3) is 2.77. The number of carbonyl (C=O) groups excluding carboxylic acids is 1. The van der Waals surface area contributed by atoms with Crippen molar-refractivity contribution in [1.29, 1.82) is 0 Å². The van der Waals surface area contributed by atoms with E-state index in [0.717, 1.165) is 12.8 Å². The van der Waals surface area contributed by atoms with E-state index in [1.54, 1.807) is 17.0 Å². The van der Waals surface area contributed by atoms with Crippen molar-refractivity contribution in [2.75, 3.05) is 13.1 Å². The maximum atomic E-state index is 11.7. The summed E-state index contributed by atoms with van der Waals surface area (Å²) in [5.41, 5.74) is 5.88. The van der Waals surface area contributed by atoms with E-state index in [1.165, 1.54) is 0 Å². The zero-order valence-electron chi connectivity index (χ0n) is 10.1. The van der Waals surface area contributed by atoms with E-state index in [0.29, 0.717) is 18.8 Å². The van der Waals surface area contributed by atoms with Crippen LogP contribution in [0.25, 0.3) is 0 Å². The van der Waals surface area contributed by atoms with Crippen molar-refractivity contribution < 1.29 is 9.53 Å². The fourth-order valence-electron chi connectivity index (χ4n) is 2.15. The van der Waals surface area contributed by atoms with Gasteiger partial charge < -0.3 is 15.4 Å². The number of nitrogens with zero attached hydrogens (tertiary/aromatic N) is 1. The molecular weight excluding hydrogens is 216 g/mol. The SMILES string of the molecule is CCCC1(N)CN(C(=O)Oc2ccccc2)C1. The van der Waals surface area contributed by atoms with Crippen molar-refractivity contribution in [3.63, 3.8) is 0 Å². The Morgan fingerprint density at radius 3 is 2.65 bits per heavy atom. The summed E-state index contributed by atoms with van der Waals surface area (Å²) in [6, 6.07) is 9.08. The number of hydrogen-bond acceptors (Lipinski definition) is 3. The molecule has 4 nitrogen and oxygen atoms in total. The Labute approximate surface area is 101 Å². The molecule has 0 saturated carbocycles. The highest BCUT2D eigenvalue weighted by Gasteiger charge is 2.41. The largest absolute Gasteiger partial charge is 0.415 e. The van der Waals surface area contributed by atoms with Crippen molar-refractivity contribution in [2.45, 2.75) is 25.3 Å². The fourth-order valence-corrected chi connectivity index (χ4v) is 2.15. The summed E-state index contributed by atoms with van der Waals surface area (Å²) in [5, 5.41) is 0. The molecular formula is C13H18N2O2. The van der Waals surface area contributed by atoms with Gasteiger partial charge in [-0.15, -0.1) is 0 Å². The number of amides is 1. The molecule has 1 heterocycles. The highest BCUT2D eigenvalue weighted by atomic mass is 16.6. The van der Waals surface area contributed by atoms with Crippen LogP contribution in [-0.2, 0) is 0 Å². The summed E-state index contributed by atoms with van der Waals surface area (Å²) in [6.45, 7) is 3.28. The Morgan fingerprint density at radius 2 is 2.06 bits per heavy atom. The van der Waals surface area contributed by atoms with Crippen molar-refractivity contribution in [3.05, 3.63) is 30.3 Å². The van der Waals surface area contributed by atoms with Gasteiger partial charge in [0.15, 0.2) is 0 Å². The minimum atomic E-state index is -0.312. The van der Waals surface area contributed by atoms with Gasteiger partial charge in [-0.3, -0.25) is 0 Å². The second kappa shape index (κ2) is 4.75. The molecule has 1 aromatic rings. The minimum Gasteiger partial charge on any atom is -0.410 e. The van der Waals surface area contributed by atoms with Crippen LogP contribution in [0.3, 0.4) is 0 Å². The summed E-state index contributed by atoms with van der Waals surface area (Å²) < 4.78 is 5.22. The summed E-state index contributed by atoms with van der Waals surface area (Å²) in [6.07, 6.45) is 1.67. The van der Waals surface area contributed by atoms with E-state index < -0.39 is 0 Å². The number of nitrogens with two attached hydrogens (primary N) is 1. The van der Waals surface area contributed by atoms with Gasteiger partial charge in [-0.25, -0.2) is 4.79 Å². The number of para-hydroxylation sites is 1. The first-order valence-corrected chi connectivity index (χ1v) is 5.94. The highest BCUT2D eigenvalue weighted by molar-refractivity contribution is 5.72.